The van der Waals surface area contributed by atoms with E-state index in [9.17, 15) is 9.59 Å². The van der Waals surface area contributed by atoms with Crippen LogP contribution in [0.15, 0.2) is 101 Å². The number of aromatic amines is 1. The molecule has 1 aliphatic heterocycles. The van der Waals surface area contributed by atoms with Gasteiger partial charge in [0.1, 0.15) is 41.3 Å². The normalized spacial score (nSPS) is 19.3. The van der Waals surface area contributed by atoms with Crippen LogP contribution in [0.5, 0.6) is 11.5 Å². The smallest absolute Gasteiger partial charge is 0.329 e. The summed E-state index contributed by atoms with van der Waals surface area (Å²) < 4.78 is 41.6. The summed E-state index contributed by atoms with van der Waals surface area (Å²) in [7, 11) is 3.15. The van der Waals surface area contributed by atoms with E-state index in [2.05, 4.69) is 42.2 Å². The van der Waals surface area contributed by atoms with E-state index in [1.165, 1.54) is 28.6 Å². The number of nitrogens with zero attached hydrogens (tertiary/aromatic N) is 3. The molecule has 288 valence electrons. The van der Waals surface area contributed by atoms with Crippen LogP contribution < -0.4 is 20.7 Å². The van der Waals surface area contributed by atoms with Crippen LogP contribution in [0.25, 0.3) is 4.85 Å². The van der Waals surface area contributed by atoms with Crippen LogP contribution in [-0.2, 0) is 24.1 Å². The molecular formula is C40H49N4O8PS. The molecule has 0 spiro atoms. The summed E-state index contributed by atoms with van der Waals surface area (Å²) in [5.74, 6) is 1.41. The van der Waals surface area contributed by atoms with Gasteiger partial charge in [0.05, 0.1) is 26.1 Å². The van der Waals surface area contributed by atoms with Crippen molar-refractivity contribution in [3.8, 4) is 11.5 Å². The highest BCUT2D eigenvalue weighted by atomic mass is 32.2. The molecule has 1 N–H and O–H groups in total. The number of hydrogen-bond acceptors (Lipinski definition) is 10. The fraction of sp³-hybridized carbons (Fsp3) is 0.425. The molecule has 0 bridgehead atoms. The number of thioether (sulfide) groups is 1. The first kappa shape index (κ1) is 41.2. The molecule has 0 saturated carbocycles. The van der Waals surface area contributed by atoms with Gasteiger partial charge in [-0.25, -0.2) is 16.0 Å². The molecule has 3 aromatic carbocycles. The van der Waals surface area contributed by atoms with Crippen molar-refractivity contribution in [3.05, 3.63) is 140 Å². The Morgan fingerprint density at radius 2 is 1.43 bits per heavy atom. The topological polar surface area (TPSA) is 118 Å². The molecule has 2 heterocycles. The van der Waals surface area contributed by atoms with Gasteiger partial charge >= 0.3 is 5.69 Å². The molecule has 0 amide bonds. The Hall–Kier alpha value is -3.99. The monoisotopic (exact) mass is 776 g/mol. The molecule has 0 aliphatic carbocycles. The summed E-state index contributed by atoms with van der Waals surface area (Å²) in [4.78, 5) is 31.2. The molecular weight excluding hydrogens is 728 g/mol. The van der Waals surface area contributed by atoms with Crippen molar-refractivity contribution in [1.29, 1.82) is 0 Å². The van der Waals surface area contributed by atoms with Crippen LogP contribution in [0.3, 0.4) is 0 Å². The average Bonchev–Trinajstić information content (AvgIpc) is 3.51. The molecule has 1 unspecified atom stereocenters. The number of benzene rings is 3. The molecule has 1 fully saturated rings. The lowest BCUT2D eigenvalue weighted by Crippen LogP contribution is -2.43. The number of nitrogens with one attached hydrogen (secondary N) is 1. The highest BCUT2D eigenvalue weighted by Crippen LogP contribution is 2.54. The van der Waals surface area contributed by atoms with Crippen LogP contribution in [0, 0.1) is 6.57 Å². The minimum absolute atomic E-state index is 0.0577. The van der Waals surface area contributed by atoms with Crippen LogP contribution in [0.4, 0.5) is 0 Å². The summed E-state index contributed by atoms with van der Waals surface area (Å²) in [6, 6.07) is 27.1. The van der Waals surface area contributed by atoms with Gasteiger partial charge in [-0.1, -0.05) is 54.6 Å². The largest absolute Gasteiger partial charge is 0.497 e. The molecule has 5 atom stereocenters. The minimum atomic E-state index is -1.70. The third kappa shape index (κ3) is 9.09. The molecule has 54 heavy (non-hydrogen) atoms. The van der Waals surface area contributed by atoms with Gasteiger partial charge in [0.25, 0.3) is 14.1 Å². The number of rotatable bonds is 18. The van der Waals surface area contributed by atoms with Crippen molar-refractivity contribution < 1.29 is 28.0 Å². The van der Waals surface area contributed by atoms with Gasteiger partial charge in [-0.3, -0.25) is 14.3 Å². The van der Waals surface area contributed by atoms with Crippen molar-refractivity contribution in [2.75, 3.05) is 41.1 Å². The molecule has 5 rings (SSSR count). The third-order valence-corrected chi connectivity index (χ3v) is 12.8. The van der Waals surface area contributed by atoms with E-state index in [0.29, 0.717) is 11.5 Å². The lowest BCUT2D eigenvalue weighted by molar-refractivity contribution is -0.0367. The number of ether oxygens (including phenoxy) is 4. The maximum Gasteiger partial charge on any atom is 0.329 e. The Kier molecular flexibility index (Phi) is 14.5. The zero-order chi connectivity index (χ0) is 38.8. The molecule has 1 saturated heterocycles. The first-order valence-electron chi connectivity index (χ1n) is 17.8. The van der Waals surface area contributed by atoms with Gasteiger partial charge in [0.15, 0.2) is 0 Å². The molecule has 0 radical (unpaired) electrons. The predicted molar refractivity (Wildman–Crippen MR) is 212 cm³/mol. The standard InChI is InChI=1S/C40H49N4O8PS/c1-27(2)44(28(3)4)53(51-25-23-41-5)52-36-34(54-38(37(36)49-8)43-24-22-35(45)42-39(43)46)26-50-40(29-12-10-9-11-13-29,30-14-18-32(47-6)19-15-30)31-16-20-33(48-7)21-17-31/h9-22,24,27-28,34,36-38H,23,25-26H2,1-4,6-8H3,(H,42,45,46)/t34-,36-,37-,38-,53?/m1/s1. The number of methoxy groups -OCH3 is 3. The van der Waals surface area contributed by atoms with E-state index in [4.69, 9.17) is 34.6 Å². The Morgan fingerprint density at radius 1 is 0.852 bits per heavy atom. The number of H-pyrrole nitrogens is 1. The highest BCUT2D eigenvalue weighted by molar-refractivity contribution is 8.00. The van der Waals surface area contributed by atoms with Crippen LogP contribution >= 0.6 is 20.3 Å². The maximum atomic E-state index is 13.3. The van der Waals surface area contributed by atoms with Crippen molar-refractivity contribution in [3.63, 3.8) is 0 Å². The second kappa shape index (κ2) is 19.0. The van der Waals surface area contributed by atoms with E-state index in [0.717, 1.165) is 16.7 Å². The van der Waals surface area contributed by atoms with Crippen molar-refractivity contribution in [2.45, 2.75) is 68.2 Å². The minimum Gasteiger partial charge on any atom is -0.497 e. The number of hydrogen-bond donors (Lipinski definition) is 1. The van der Waals surface area contributed by atoms with E-state index < -0.39 is 48.2 Å². The second-order valence-electron chi connectivity index (χ2n) is 13.2. The summed E-state index contributed by atoms with van der Waals surface area (Å²) in [5, 5.41) is -0.994. The van der Waals surface area contributed by atoms with Gasteiger partial charge < -0.3 is 32.8 Å². The predicted octanol–water partition coefficient (Wildman–Crippen LogP) is 6.86. The van der Waals surface area contributed by atoms with E-state index in [1.54, 1.807) is 21.3 Å². The summed E-state index contributed by atoms with van der Waals surface area (Å²) in [5.41, 5.74) is 0.472. The molecule has 12 nitrogen and oxygen atoms in total. The van der Waals surface area contributed by atoms with Gasteiger partial charge in [0.2, 0.25) is 6.54 Å². The highest BCUT2D eigenvalue weighted by Gasteiger charge is 2.50. The molecule has 4 aromatic rings. The lowest BCUT2D eigenvalue weighted by Gasteiger charge is -2.39. The van der Waals surface area contributed by atoms with Crippen molar-refractivity contribution in [1.82, 2.24) is 14.2 Å². The van der Waals surface area contributed by atoms with E-state index in [-0.39, 0.29) is 31.8 Å². The van der Waals surface area contributed by atoms with E-state index in [1.807, 2.05) is 78.9 Å². The summed E-state index contributed by atoms with van der Waals surface area (Å²) in [6.07, 6.45) is 0.177. The first-order chi connectivity index (χ1) is 26.1. The average molecular weight is 777 g/mol. The zero-order valence-electron chi connectivity index (χ0n) is 31.7. The Morgan fingerprint density at radius 3 is 1.93 bits per heavy atom. The van der Waals surface area contributed by atoms with Gasteiger partial charge in [0, 0.05) is 31.5 Å². The maximum absolute atomic E-state index is 13.3. The Labute approximate surface area is 322 Å². The summed E-state index contributed by atoms with van der Waals surface area (Å²) >= 11 is 1.48. The Bertz CT molecular complexity index is 1880. The molecule has 14 heteroatoms. The second-order valence-corrected chi connectivity index (χ2v) is 16.0. The van der Waals surface area contributed by atoms with Crippen LogP contribution in [0.2, 0.25) is 0 Å². The SMILES string of the molecule is [C-]#[N+]CCOP(O[C@H]1[C@@H](OC)[C@H](n2ccc(=O)[nH]c2=O)S[C@@H]1COC(c1ccccc1)(c1ccc(OC)cc1)c1ccc(OC)cc1)N(C(C)C)C(C)C. The molecule has 1 aromatic heterocycles. The fourth-order valence-electron chi connectivity index (χ4n) is 6.75. The zero-order valence-corrected chi connectivity index (χ0v) is 33.4. The van der Waals surface area contributed by atoms with E-state index >= 15 is 0 Å². The molecule has 1 aliphatic rings. The third-order valence-electron chi connectivity index (χ3n) is 9.18. The van der Waals surface area contributed by atoms with Crippen molar-refractivity contribution in [2.24, 2.45) is 0 Å². The fourth-order valence-corrected chi connectivity index (χ4v) is 10.2. The van der Waals surface area contributed by atoms with Gasteiger partial charge in [-0.05, 0) is 68.7 Å². The van der Waals surface area contributed by atoms with Crippen LogP contribution in [-0.4, -0.2) is 84.9 Å². The quantitative estimate of drug-likeness (QED) is 0.0498. The summed E-state index contributed by atoms with van der Waals surface area (Å²) in [6.45, 7) is 16.2. The lowest BCUT2D eigenvalue weighted by atomic mass is 9.80. The number of aromatic nitrogens is 2. The van der Waals surface area contributed by atoms with Crippen LogP contribution in [0.1, 0.15) is 49.8 Å². The van der Waals surface area contributed by atoms with Gasteiger partial charge in [-0.15, -0.1) is 11.8 Å². The first-order valence-corrected chi connectivity index (χ1v) is 19.8. The Balaban J connectivity index is 1.64. The van der Waals surface area contributed by atoms with Gasteiger partial charge in [-0.2, -0.15) is 0 Å². The van der Waals surface area contributed by atoms with Crippen molar-refractivity contribution >= 4 is 20.3 Å².